The van der Waals surface area contributed by atoms with Gasteiger partial charge in [-0.2, -0.15) is 0 Å². The molecule has 0 heterocycles. The van der Waals surface area contributed by atoms with Crippen molar-refractivity contribution in [2.45, 2.75) is 17.7 Å². The number of nitro groups is 1. The molecule has 0 atom stereocenters. The number of nitrogens with two attached hydrogens (primary N) is 2. The summed E-state index contributed by atoms with van der Waals surface area (Å²) >= 11 is 0. The number of rotatable bonds is 7. The highest BCUT2D eigenvalue weighted by Crippen LogP contribution is 2.27. The lowest BCUT2D eigenvalue weighted by Gasteiger charge is -2.09. The fraction of sp³-hybridized carbons (Fsp3) is 0.300. The number of carbonyl (C=O) groups is 1. The highest BCUT2D eigenvalue weighted by Gasteiger charge is 2.25. The number of carbonyl (C=O) groups excluding carboxylic acids is 1. The number of amides is 1. The number of halogens is 1. The molecule has 0 bridgehead atoms. The van der Waals surface area contributed by atoms with Gasteiger partial charge in [-0.3, -0.25) is 14.9 Å². The molecule has 21 heavy (non-hydrogen) atoms. The number of hydrogen-bond donors (Lipinski definition) is 3. The summed E-state index contributed by atoms with van der Waals surface area (Å²) in [6.07, 6.45) is 0.0871. The van der Waals surface area contributed by atoms with E-state index in [0.29, 0.717) is 6.07 Å². The second kappa shape index (κ2) is 6.45. The van der Waals surface area contributed by atoms with Crippen LogP contribution in [-0.2, 0) is 14.8 Å². The number of anilines is 1. The van der Waals surface area contributed by atoms with E-state index in [9.17, 15) is 27.7 Å². The first-order valence-electron chi connectivity index (χ1n) is 5.66. The number of benzene rings is 1. The number of non-ortho nitro benzene ring substituents is 1. The lowest BCUT2D eigenvalue weighted by Crippen LogP contribution is -2.27. The molecule has 0 unspecified atom stereocenters. The molecule has 0 saturated carbocycles. The maximum absolute atomic E-state index is 13.7. The number of nitrogens with zero attached hydrogens (tertiary/aromatic N) is 1. The number of nitro benzene ring substituents is 1. The molecule has 0 radical (unpaired) electrons. The zero-order valence-electron chi connectivity index (χ0n) is 10.7. The monoisotopic (exact) mass is 320 g/mol. The third kappa shape index (κ3) is 4.36. The summed E-state index contributed by atoms with van der Waals surface area (Å²) < 4.78 is 39.5. The molecule has 11 heteroatoms. The van der Waals surface area contributed by atoms with Crippen LogP contribution in [0, 0.1) is 15.9 Å². The SMILES string of the molecule is NC(=O)CCCNS(=O)(=O)c1c(N)cc([N+](=O)[O-])cc1F. The van der Waals surface area contributed by atoms with Crippen LogP contribution in [0.2, 0.25) is 0 Å². The zero-order chi connectivity index (χ0) is 16.2. The fourth-order valence-corrected chi connectivity index (χ4v) is 2.77. The summed E-state index contributed by atoms with van der Waals surface area (Å²) in [5, 5.41) is 10.5. The van der Waals surface area contributed by atoms with E-state index in [1.54, 1.807) is 0 Å². The predicted molar refractivity (Wildman–Crippen MR) is 71.1 cm³/mol. The third-order valence-corrected chi connectivity index (χ3v) is 3.98. The van der Waals surface area contributed by atoms with Gasteiger partial charge in [0.2, 0.25) is 15.9 Å². The molecule has 1 aromatic rings. The number of primary amides is 1. The van der Waals surface area contributed by atoms with Gasteiger partial charge < -0.3 is 11.5 Å². The Bertz CT molecular complexity index is 653. The number of nitrogens with one attached hydrogen (secondary N) is 1. The minimum Gasteiger partial charge on any atom is -0.397 e. The Morgan fingerprint density at radius 3 is 2.52 bits per heavy atom. The van der Waals surface area contributed by atoms with Crippen molar-refractivity contribution in [1.29, 1.82) is 0 Å². The maximum Gasteiger partial charge on any atom is 0.274 e. The van der Waals surface area contributed by atoms with Crippen molar-refractivity contribution in [1.82, 2.24) is 4.72 Å². The van der Waals surface area contributed by atoms with Gasteiger partial charge in [-0.15, -0.1) is 0 Å². The minimum absolute atomic E-state index is 0.0409. The van der Waals surface area contributed by atoms with E-state index in [4.69, 9.17) is 11.5 Å². The highest BCUT2D eigenvalue weighted by atomic mass is 32.2. The molecule has 0 fully saturated rings. The number of sulfonamides is 1. The summed E-state index contributed by atoms with van der Waals surface area (Å²) in [6, 6.07) is 1.22. The number of nitrogen functional groups attached to an aromatic ring is 1. The molecular weight excluding hydrogens is 307 g/mol. The maximum atomic E-state index is 13.7. The van der Waals surface area contributed by atoms with Crippen molar-refractivity contribution >= 4 is 27.3 Å². The molecule has 116 valence electrons. The van der Waals surface area contributed by atoms with Crippen molar-refractivity contribution in [2.75, 3.05) is 12.3 Å². The van der Waals surface area contributed by atoms with Crippen LogP contribution in [-0.4, -0.2) is 25.8 Å². The van der Waals surface area contributed by atoms with Crippen LogP contribution in [0.3, 0.4) is 0 Å². The van der Waals surface area contributed by atoms with Crippen molar-refractivity contribution in [3.05, 3.63) is 28.1 Å². The van der Waals surface area contributed by atoms with E-state index in [1.165, 1.54) is 0 Å². The predicted octanol–water partition coefficient (Wildman–Crippen LogP) is -0.140. The quantitative estimate of drug-likeness (QED) is 0.274. The summed E-state index contributed by atoms with van der Waals surface area (Å²) in [5.41, 5.74) is 9.01. The van der Waals surface area contributed by atoms with Crippen LogP contribution < -0.4 is 16.2 Å². The van der Waals surface area contributed by atoms with Gasteiger partial charge in [0, 0.05) is 19.0 Å². The molecule has 0 aliphatic heterocycles. The smallest absolute Gasteiger partial charge is 0.274 e. The highest BCUT2D eigenvalue weighted by molar-refractivity contribution is 7.89. The van der Waals surface area contributed by atoms with Crippen LogP contribution >= 0.6 is 0 Å². The third-order valence-electron chi connectivity index (χ3n) is 2.43. The Kier molecular flexibility index (Phi) is 5.16. The van der Waals surface area contributed by atoms with E-state index in [1.807, 2.05) is 4.72 Å². The average Bonchev–Trinajstić information content (AvgIpc) is 2.33. The lowest BCUT2D eigenvalue weighted by molar-refractivity contribution is -0.385. The second-order valence-electron chi connectivity index (χ2n) is 4.07. The topological polar surface area (TPSA) is 158 Å². The molecule has 0 spiro atoms. The Hall–Kier alpha value is -2.27. The lowest BCUT2D eigenvalue weighted by atomic mass is 10.3. The van der Waals surface area contributed by atoms with E-state index < -0.39 is 42.9 Å². The molecule has 0 aromatic heterocycles. The van der Waals surface area contributed by atoms with E-state index >= 15 is 0 Å². The molecular formula is C10H13FN4O5S. The largest absolute Gasteiger partial charge is 0.397 e. The van der Waals surface area contributed by atoms with E-state index in [0.717, 1.165) is 6.07 Å². The van der Waals surface area contributed by atoms with Crippen LogP contribution in [0.15, 0.2) is 17.0 Å². The van der Waals surface area contributed by atoms with Gasteiger partial charge in [0.1, 0.15) is 4.90 Å². The van der Waals surface area contributed by atoms with Gasteiger partial charge in [0.15, 0.2) is 5.82 Å². The summed E-state index contributed by atoms with van der Waals surface area (Å²) in [6.45, 7) is -0.152. The minimum atomic E-state index is -4.29. The summed E-state index contributed by atoms with van der Waals surface area (Å²) in [7, 11) is -4.29. The summed E-state index contributed by atoms with van der Waals surface area (Å²) in [4.78, 5) is 19.3. The Morgan fingerprint density at radius 1 is 1.43 bits per heavy atom. The van der Waals surface area contributed by atoms with Gasteiger partial charge in [0.05, 0.1) is 16.7 Å². The molecule has 5 N–H and O–H groups in total. The van der Waals surface area contributed by atoms with Crippen LogP contribution in [0.1, 0.15) is 12.8 Å². The van der Waals surface area contributed by atoms with Gasteiger partial charge >= 0.3 is 0 Å². The van der Waals surface area contributed by atoms with Gasteiger partial charge in [0.25, 0.3) is 5.69 Å². The van der Waals surface area contributed by atoms with Crippen LogP contribution in [0.5, 0.6) is 0 Å². The van der Waals surface area contributed by atoms with Crippen molar-refractivity contribution in [2.24, 2.45) is 5.73 Å². The second-order valence-corrected chi connectivity index (χ2v) is 5.77. The molecule has 9 nitrogen and oxygen atoms in total. The van der Waals surface area contributed by atoms with Crippen LogP contribution in [0.25, 0.3) is 0 Å². The first-order valence-corrected chi connectivity index (χ1v) is 7.15. The average molecular weight is 320 g/mol. The van der Waals surface area contributed by atoms with Gasteiger partial charge in [-0.1, -0.05) is 0 Å². The van der Waals surface area contributed by atoms with E-state index in [2.05, 4.69) is 0 Å². The van der Waals surface area contributed by atoms with Crippen molar-refractivity contribution in [3.8, 4) is 0 Å². The molecule has 1 rings (SSSR count). The Balaban J connectivity index is 2.98. The fourth-order valence-electron chi connectivity index (χ4n) is 1.53. The number of hydrogen-bond acceptors (Lipinski definition) is 6. The normalized spacial score (nSPS) is 11.3. The van der Waals surface area contributed by atoms with Gasteiger partial charge in [-0.25, -0.2) is 17.5 Å². The Labute approximate surface area is 119 Å². The molecule has 0 saturated heterocycles. The molecule has 0 aliphatic rings. The molecule has 1 aromatic carbocycles. The Morgan fingerprint density at radius 2 is 2.05 bits per heavy atom. The van der Waals surface area contributed by atoms with Crippen LogP contribution in [0.4, 0.5) is 15.8 Å². The zero-order valence-corrected chi connectivity index (χ0v) is 11.5. The first-order chi connectivity index (χ1) is 9.65. The summed E-state index contributed by atoms with van der Waals surface area (Å²) in [5.74, 6) is -1.93. The molecule has 1 amide bonds. The van der Waals surface area contributed by atoms with Crippen molar-refractivity contribution in [3.63, 3.8) is 0 Å². The first kappa shape index (κ1) is 16.8. The van der Waals surface area contributed by atoms with Gasteiger partial charge in [-0.05, 0) is 6.42 Å². The van der Waals surface area contributed by atoms with E-state index in [-0.39, 0.29) is 19.4 Å². The van der Waals surface area contributed by atoms with Crippen molar-refractivity contribution < 1.29 is 22.5 Å². The molecule has 0 aliphatic carbocycles. The standard InChI is InChI=1S/C10H13FN4O5S/c11-7-4-6(15(17)18)5-8(12)10(7)21(19,20)14-3-1-2-9(13)16/h4-5,14H,1-3,12H2,(H2,13,16).